The molecule has 0 aromatic carbocycles. The van der Waals surface area contributed by atoms with E-state index in [1.165, 1.54) is 5.56 Å². The second kappa shape index (κ2) is 5.73. The number of aromatic nitrogens is 1. The van der Waals surface area contributed by atoms with E-state index in [1.807, 2.05) is 25.3 Å². The summed E-state index contributed by atoms with van der Waals surface area (Å²) in [6.45, 7) is 5.17. The first-order chi connectivity index (χ1) is 6.74. The Bertz CT molecular complexity index is 251. The van der Waals surface area contributed by atoms with E-state index in [0.717, 1.165) is 6.54 Å². The van der Waals surface area contributed by atoms with Gasteiger partial charge in [0.2, 0.25) is 0 Å². The van der Waals surface area contributed by atoms with Crippen molar-refractivity contribution in [2.45, 2.75) is 19.9 Å². The molecule has 2 unspecified atom stereocenters. The number of pyridine rings is 1. The molecular formula is C11H18N2O. The van der Waals surface area contributed by atoms with Crippen molar-refractivity contribution < 1.29 is 5.11 Å². The number of aliphatic hydroxyl groups excluding tert-OH is 1. The monoisotopic (exact) mass is 194 g/mol. The molecule has 1 rings (SSSR count). The maximum atomic E-state index is 8.87. The van der Waals surface area contributed by atoms with Crippen LogP contribution in [-0.2, 0) is 0 Å². The van der Waals surface area contributed by atoms with Crippen LogP contribution in [0, 0.1) is 5.92 Å². The van der Waals surface area contributed by atoms with Gasteiger partial charge in [0.05, 0.1) is 0 Å². The van der Waals surface area contributed by atoms with Crippen LogP contribution in [0.4, 0.5) is 0 Å². The van der Waals surface area contributed by atoms with Crippen LogP contribution in [0.1, 0.15) is 25.5 Å². The highest BCUT2D eigenvalue weighted by Gasteiger charge is 2.06. The summed E-state index contributed by atoms with van der Waals surface area (Å²) in [7, 11) is 0. The molecule has 0 aliphatic rings. The number of nitrogens with zero attached hydrogens (tertiary/aromatic N) is 1. The van der Waals surface area contributed by atoms with Crippen LogP contribution in [-0.4, -0.2) is 23.2 Å². The van der Waals surface area contributed by atoms with E-state index in [2.05, 4.69) is 17.2 Å². The molecule has 2 atom stereocenters. The van der Waals surface area contributed by atoms with Crippen molar-refractivity contribution in [3.63, 3.8) is 0 Å². The van der Waals surface area contributed by atoms with Gasteiger partial charge in [0, 0.05) is 31.6 Å². The van der Waals surface area contributed by atoms with E-state index in [-0.39, 0.29) is 12.6 Å². The molecule has 0 amide bonds. The molecule has 14 heavy (non-hydrogen) atoms. The highest BCUT2D eigenvalue weighted by molar-refractivity contribution is 5.12. The lowest BCUT2D eigenvalue weighted by atomic mass is 10.1. The predicted molar refractivity (Wildman–Crippen MR) is 56.9 cm³/mol. The molecule has 3 nitrogen and oxygen atoms in total. The van der Waals surface area contributed by atoms with Gasteiger partial charge in [-0.3, -0.25) is 4.98 Å². The van der Waals surface area contributed by atoms with Gasteiger partial charge in [-0.05, 0) is 24.5 Å². The molecule has 0 aliphatic carbocycles. The van der Waals surface area contributed by atoms with Crippen molar-refractivity contribution in [1.82, 2.24) is 10.3 Å². The van der Waals surface area contributed by atoms with Gasteiger partial charge in [-0.25, -0.2) is 0 Å². The Hall–Kier alpha value is -0.930. The summed E-state index contributed by atoms with van der Waals surface area (Å²) in [5, 5.41) is 12.2. The van der Waals surface area contributed by atoms with Crippen molar-refractivity contribution in [3.8, 4) is 0 Å². The van der Waals surface area contributed by atoms with Crippen LogP contribution in [0.3, 0.4) is 0 Å². The van der Waals surface area contributed by atoms with Gasteiger partial charge in [0.1, 0.15) is 0 Å². The second-order valence-corrected chi connectivity index (χ2v) is 3.70. The number of rotatable bonds is 5. The number of aliphatic hydroxyl groups is 1. The van der Waals surface area contributed by atoms with Crippen LogP contribution in [0.2, 0.25) is 0 Å². The van der Waals surface area contributed by atoms with Gasteiger partial charge >= 0.3 is 0 Å². The number of hydrogen-bond donors (Lipinski definition) is 2. The Morgan fingerprint density at radius 3 is 2.86 bits per heavy atom. The molecule has 0 fully saturated rings. The Morgan fingerprint density at radius 1 is 1.50 bits per heavy atom. The molecule has 0 spiro atoms. The Morgan fingerprint density at radius 2 is 2.29 bits per heavy atom. The molecular weight excluding hydrogens is 176 g/mol. The molecule has 0 bridgehead atoms. The minimum Gasteiger partial charge on any atom is -0.396 e. The fraction of sp³-hybridized carbons (Fsp3) is 0.545. The van der Waals surface area contributed by atoms with Gasteiger partial charge in [-0.2, -0.15) is 0 Å². The van der Waals surface area contributed by atoms with Crippen molar-refractivity contribution in [2.24, 2.45) is 5.92 Å². The Balaban J connectivity index is 2.39. The van der Waals surface area contributed by atoms with E-state index in [0.29, 0.717) is 5.92 Å². The topological polar surface area (TPSA) is 45.1 Å². The summed E-state index contributed by atoms with van der Waals surface area (Å²) in [5.41, 5.74) is 1.18. The smallest absolute Gasteiger partial charge is 0.0468 e. The van der Waals surface area contributed by atoms with E-state index < -0.39 is 0 Å². The fourth-order valence-corrected chi connectivity index (χ4v) is 1.19. The van der Waals surface area contributed by atoms with Gasteiger partial charge in [-0.1, -0.05) is 13.0 Å². The SMILES string of the molecule is CC(CO)CNC(C)c1cccnc1. The summed E-state index contributed by atoms with van der Waals surface area (Å²) >= 11 is 0. The normalized spacial score (nSPS) is 15.1. The second-order valence-electron chi connectivity index (χ2n) is 3.70. The lowest BCUT2D eigenvalue weighted by molar-refractivity contribution is 0.231. The molecule has 0 aliphatic heterocycles. The highest BCUT2D eigenvalue weighted by Crippen LogP contribution is 2.09. The quantitative estimate of drug-likeness (QED) is 0.744. The maximum absolute atomic E-state index is 8.87. The minimum absolute atomic E-state index is 0.229. The molecule has 1 aromatic rings. The van der Waals surface area contributed by atoms with Crippen molar-refractivity contribution in [3.05, 3.63) is 30.1 Å². The van der Waals surface area contributed by atoms with E-state index in [1.54, 1.807) is 6.20 Å². The molecule has 78 valence electrons. The largest absolute Gasteiger partial charge is 0.396 e. The number of hydrogen-bond acceptors (Lipinski definition) is 3. The molecule has 1 heterocycles. The first-order valence-electron chi connectivity index (χ1n) is 4.98. The van der Waals surface area contributed by atoms with Gasteiger partial charge < -0.3 is 10.4 Å². The molecule has 0 radical (unpaired) electrons. The van der Waals surface area contributed by atoms with Gasteiger partial charge in [-0.15, -0.1) is 0 Å². The third-order valence-electron chi connectivity index (χ3n) is 2.27. The summed E-state index contributed by atoms with van der Waals surface area (Å²) in [4.78, 5) is 4.06. The highest BCUT2D eigenvalue weighted by atomic mass is 16.3. The third kappa shape index (κ3) is 3.44. The summed E-state index contributed by atoms with van der Waals surface area (Å²) in [5.74, 6) is 0.300. The van der Waals surface area contributed by atoms with Gasteiger partial charge in [0.15, 0.2) is 0 Å². The van der Waals surface area contributed by atoms with Crippen LogP contribution >= 0.6 is 0 Å². The molecule has 0 saturated heterocycles. The van der Waals surface area contributed by atoms with Crippen LogP contribution in [0.15, 0.2) is 24.5 Å². The van der Waals surface area contributed by atoms with Crippen LogP contribution in [0.5, 0.6) is 0 Å². The fourth-order valence-electron chi connectivity index (χ4n) is 1.19. The molecule has 2 N–H and O–H groups in total. The third-order valence-corrected chi connectivity index (χ3v) is 2.27. The van der Waals surface area contributed by atoms with Crippen molar-refractivity contribution >= 4 is 0 Å². The average Bonchev–Trinajstić information content (AvgIpc) is 2.26. The lowest BCUT2D eigenvalue weighted by Gasteiger charge is -2.16. The van der Waals surface area contributed by atoms with E-state index >= 15 is 0 Å². The molecule has 3 heteroatoms. The van der Waals surface area contributed by atoms with E-state index in [4.69, 9.17) is 5.11 Å². The Labute approximate surface area is 85.2 Å². The maximum Gasteiger partial charge on any atom is 0.0468 e. The zero-order chi connectivity index (χ0) is 10.4. The molecule has 1 aromatic heterocycles. The van der Waals surface area contributed by atoms with E-state index in [9.17, 15) is 0 Å². The average molecular weight is 194 g/mol. The first-order valence-corrected chi connectivity index (χ1v) is 4.98. The zero-order valence-corrected chi connectivity index (χ0v) is 8.77. The lowest BCUT2D eigenvalue weighted by Crippen LogP contribution is -2.26. The zero-order valence-electron chi connectivity index (χ0n) is 8.77. The van der Waals surface area contributed by atoms with Crippen LogP contribution < -0.4 is 5.32 Å². The minimum atomic E-state index is 0.229. The van der Waals surface area contributed by atoms with Crippen LogP contribution in [0.25, 0.3) is 0 Å². The standard InChI is InChI=1S/C11H18N2O/c1-9(8-14)6-13-10(2)11-4-3-5-12-7-11/h3-5,7,9-10,13-14H,6,8H2,1-2H3. The summed E-state index contributed by atoms with van der Waals surface area (Å²) in [6, 6.07) is 4.27. The predicted octanol–water partition coefficient (Wildman–Crippen LogP) is 1.36. The summed E-state index contributed by atoms with van der Waals surface area (Å²) < 4.78 is 0. The Kier molecular flexibility index (Phi) is 4.56. The van der Waals surface area contributed by atoms with Gasteiger partial charge in [0.25, 0.3) is 0 Å². The van der Waals surface area contributed by atoms with Crippen molar-refractivity contribution in [2.75, 3.05) is 13.2 Å². The summed E-state index contributed by atoms with van der Waals surface area (Å²) in [6.07, 6.45) is 3.63. The number of nitrogens with one attached hydrogen (secondary N) is 1. The molecule has 0 saturated carbocycles. The first kappa shape index (κ1) is 11.1. The van der Waals surface area contributed by atoms with Crippen molar-refractivity contribution in [1.29, 1.82) is 0 Å².